The first kappa shape index (κ1) is 24.8. The smallest absolute Gasteiger partial charge is 0.278 e. The zero-order valence-corrected chi connectivity index (χ0v) is 20.9. The predicted molar refractivity (Wildman–Crippen MR) is 141 cm³/mol. The molecule has 1 N–H and O–H groups in total. The van der Waals surface area contributed by atoms with Crippen molar-refractivity contribution in [3.8, 4) is 11.3 Å². The van der Waals surface area contributed by atoms with Crippen molar-refractivity contribution in [2.45, 2.75) is 45.6 Å². The normalized spacial score (nSPS) is 11.1. The average Bonchev–Trinajstić information content (AvgIpc) is 3.35. The van der Waals surface area contributed by atoms with Gasteiger partial charge in [-0.25, -0.2) is 9.67 Å². The Kier molecular flexibility index (Phi) is 8.39. The van der Waals surface area contributed by atoms with E-state index in [1.165, 1.54) is 21.6 Å². The molecule has 4 aromatic rings. The highest BCUT2D eigenvalue weighted by Gasteiger charge is 2.18. The topological polar surface area (TPSA) is 86.1 Å². The molecule has 0 radical (unpaired) electrons. The molecule has 0 spiro atoms. The lowest BCUT2D eigenvalue weighted by Gasteiger charge is -2.10. The summed E-state index contributed by atoms with van der Waals surface area (Å²) < 4.78 is 6.55. The first-order valence-corrected chi connectivity index (χ1v) is 12.8. The van der Waals surface area contributed by atoms with Crippen molar-refractivity contribution in [3.63, 3.8) is 0 Å². The van der Waals surface area contributed by atoms with E-state index in [2.05, 4.69) is 34.5 Å². The minimum atomic E-state index is -0.376. The Morgan fingerprint density at radius 2 is 1.83 bits per heavy atom. The fraction of sp³-hybridized carbons (Fsp3) is 0.333. The molecule has 8 heteroatoms. The molecule has 0 saturated heterocycles. The van der Waals surface area contributed by atoms with Crippen molar-refractivity contribution >= 4 is 33.1 Å². The number of thiazole rings is 1. The van der Waals surface area contributed by atoms with Crippen LogP contribution in [0.4, 0.5) is 5.13 Å². The second-order valence-corrected chi connectivity index (χ2v) is 9.27. The molecule has 0 fully saturated rings. The van der Waals surface area contributed by atoms with Gasteiger partial charge in [-0.2, -0.15) is 5.10 Å². The summed E-state index contributed by atoms with van der Waals surface area (Å²) in [4.78, 5) is 30.7. The molecule has 1 amide bonds. The largest absolute Gasteiger partial charge is 0.384 e. The van der Waals surface area contributed by atoms with Crippen molar-refractivity contribution < 1.29 is 9.53 Å². The number of nitrogens with zero attached hydrogens (tertiary/aromatic N) is 3. The van der Waals surface area contributed by atoms with Crippen LogP contribution in [0.5, 0.6) is 0 Å². The SMILES string of the molecule is CCCCCCn1nc(C(=O)Nc2nc(-c3ccc(CCOC)cc3)cs2)c2ccccc2c1=O. The van der Waals surface area contributed by atoms with E-state index >= 15 is 0 Å². The quantitative estimate of drug-likeness (QED) is 0.279. The lowest BCUT2D eigenvalue weighted by Crippen LogP contribution is -2.27. The number of hydrogen-bond acceptors (Lipinski definition) is 6. The molecule has 4 rings (SSSR count). The second-order valence-electron chi connectivity index (χ2n) is 8.41. The Hall–Kier alpha value is -3.36. The van der Waals surface area contributed by atoms with Gasteiger partial charge in [0.2, 0.25) is 0 Å². The molecule has 35 heavy (non-hydrogen) atoms. The molecule has 182 valence electrons. The number of anilines is 1. The Morgan fingerprint density at radius 1 is 1.06 bits per heavy atom. The van der Waals surface area contributed by atoms with Crippen LogP contribution in [-0.4, -0.2) is 34.4 Å². The van der Waals surface area contributed by atoms with Gasteiger partial charge in [0.25, 0.3) is 11.5 Å². The molecular formula is C27H30N4O3S. The van der Waals surface area contributed by atoms with Crippen molar-refractivity contribution in [2.24, 2.45) is 0 Å². The van der Waals surface area contributed by atoms with E-state index in [0.717, 1.165) is 43.4 Å². The molecule has 7 nitrogen and oxygen atoms in total. The van der Waals surface area contributed by atoms with E-state index < -0.39 is 0 Å². The van der Waals surface area contributed by atoms with E-state index in [-0.39, 0.29) is 17.2 Å². The number of carbonyl (C=O) groups excluding carboxylic acids is 1. The van der Waals surface area contributed by atoms with Gasteiger partial charge < -0.3 is 4.74 Å². The number of ether oxygens (including phenoxy) is 1. The zero-order valence-electron chi connectivity index (χ0n) is 20.1. The number of rotatable bonds is 11. The third-order valence-electron chi connectivity index (χ3n) is 5.88. The highest BCUT2D eigenvalue weighted by atomic mass is 32.1. The minimum absolute atomic E-state index is 0.167. The Morgan fingerprint density at radius 3 is 2.57 bits per heavy atom. The summed E-state index contributed by atoms with van der Waals surface area (Å²) in [5, 5.41) is 10.8. The lowest BCUT2D eigenvalue weighted by molar-refractivity contribution is 0.102. The molecule has 0 atom stereocenters. The molecule has 0 bridgehead atoms. The third kappa shape index (κ3) is 6.01. The molecule has 0 aliphatic rings. The molecule has 0 saturated carbocycles. The summed E-state index contributed by atoms with van der Waals surface area (Å²) in [6.07, 6.45) is 4.95. The fourth-order valence-corrected chi connectivity index (χ4v) is 4.64. The summed E-state index contributed by atoms with van der Waals surface area (Å²) in [7, 11) is 1.69. The first-order chi connectivity index (χ1) is 17.1. The van der Waals surface area contributed by atoms with Gasteiger partial charge in [-0.05, 0) is 24.5 Å². The first-order valence-electron chi connectivity index (χ1n) is 12.0. The predicted octanol–water partition coefficient (Wildman–Crippen LogP) is 5.54. The van der Waals surface area contributed by atoms with Crippen LogP contribution < -0.4 is 10.9 Å². The van der Waals surface area contributed by atoms with Crippen LogP contribution in [0.3, 0.4) is 0 Å². The van der Waals surface area contributed by atoms with E-state index in [1.807, 2.05) is 23.6 Å². The highest BCUT2D eigenvalue weighted by Crippen LogP contribution is 2.26. The van der Waals surface area contributed by atoms with Crippen molar-refractivity contribution in [1.82, 2.24) is 14.8 Å². The number of benzene rings is 2. The van der Waals surface area contributed by atoms with Crippen molar-refractivity contribution in [3.05, 3.63) is 75.5 Å². The highest BCUT2D eigenvalue weighted by molar-refractivity contribution is 7.14. The van der Waals surface area contributed by atoms with Crippen LogP contribution in [0, 0.1) is 0 Å². The van der Waals surface area contributed by atoms with E-state index in [4.69, 9.17) is 4.74 Å². The van der Waals surface area contributed by atoms with Crippen molar-refractivity contribution in [1.29, 1.82) is 0 Å². The Balaban J connectivity index is 1.54. The molecule has 2 heterocycles. The average molecular weight is 491 g/mol. The number of aryl methyl sites for hydroxylation is 1. The van der Waals surface area contributed by atoms with Gasteiger partial charge in [0.1, 0.15) is 0 Å². The number of amides is 1. The third-order valence-corrected chi connectivity index (χ3v) is 6.63. The molecule has 0 unspecified atom stereocenters. The molecule has 2 aromatic carbocycles. The Labute approximate surface area is 208 Å². The number of carbonyl (C=O) groups is 1. The van der Waals surface area contributed by atoms with Gasteiger partial charge in [0.05, 0.1) is 17.7 Å². The van der Waals surface area contributed by atoms with E-state index in [0.29, 0.717) is 29.1 Å². The maximum Gasteiger partial charge on any atom is 0.278 e. The van der Waals surface area contributed by atoms with Crippen LogP contribution in [0.1, 0.15) is 48.7 Å². The van der Waals surface area contributed by atoms with Gasteiger partial charge in [-0.15, -0.1) is 11.3 Å². The number of unbranched alkanes of at least 4 members (excludes halogenated alkanes) is 3. The van der Waals surface area contributed by atoms with Crippen LogP contribution in [0.15, 0.2) is 58.7 Å². The Bertz CT molecular complexity index is 1340. The van der Waals surface area contributed by atoms with Crippen molar-refractivity contribution in [2.75, 3.05) is 19.0 Å². The maximum absolute atomic E-state index is 13.2. The molecule has 0 aliphatic heterocycles. The lowest BCUT2D eigenvalue weighted by atomic mass is 10.1. The summed E-state index contributed by atoms with van der Waals surface area (Å²) in [6.45, 7) is 3.32. The monoisotopic (exact) mass is 490 g/mol. The second kappa shape index (κ2) is 11.9. The standard InChI is InChI=1S/C27H30N4O3S/c1-3-4-5-8-16-31-26(33)22-10-7-6-9-21(22)24(30-31)25(32)29-27-28-23(18-35-27)20-13-11-19(12-14-20)15-17-34-2/h6-7,9-14,18H,3-5,8,15-17H2,1-2H3,(H,28,29,32). The number of nitrogens with one attached hydrogen (secondary N) is 1. The van der Waals surface area contributed by atoms with Crippen LogP contribution in [-0.2, 0) is 17.7 Å². The minimum Gasteiger partial charge on any atom is -0.384 e. The number of hydrogen-bond donors (Lipinski definition) is 1. The van der Waals surface area contributed by atoms with Crippen LogP contribution >= 0.6 is 11.3 Å². The molecule has 2 aromatic heterocycles. The van der Waals surface area contributed by atoms with E-state index in [9.17, 15) is 9.59 Å². The van der Waals surface area contributed by atoms with Gasteiger partial charge in [0.15, 0.2) is 10.8 Å². The number of aromatic nitrogens is 3. The summed E-state index contributed by atoms with van der Waals surface area (Å²) >= 11 is 1.36. The van der Waals surface area contributed by atoms with Gasteiger partial charge in [-0.1, -0.05) is 68.7 Å². The molecular weight excluding hydrogens is 460 g/mol. The summed E-state index contributed by atoms with van der Waals surface area (Å²) in [5.74, 6) is -0.376. The zero-order chi connectivity index (χ0) is 24.6. The van der Waals surface area contributed by atoms with E-state index in [1.54, 1.807) is 25.3 Å². The number of methoxy groups -OCH3 is 1. The van der Waals surface area contributed by atoms with Crippen LogP contribution in [0.2, 0.25) is 0 Å². The fourth-order valence-electron chi connectivity index (χ4n) is 3.92. The summed E-state index contributed by atoms with van der Waals surface area (Å²) in [5.41, 5.74) is 3.03. The van der Waals surface area contributed by atoms with Crippen LogP contribution in [0.25, 0.3) is 22.0 Å². The number of fused-ring (bicyclic) bond motifs is 1. The van der Waals surface area contributed by atoms with Gasteiger partial charge >= 0.3 is 0 Å². The summed E-state index contributed by atoms with van der Waals surface area (Å²) in [6, 6.07) is 15.3. The van der Waals surface area contributed by atoms with Gasteiger partial charge in [-0.3, -0.25) is 14.9 Å². The maximum atomic E-state index is 13.2. The van der Waals surface area contributed by atoms with Gasteiger partial charge in [0, 0.05) is 30.0 Å². The molecule has 0 aliphatic carbocycles.